The van der Waals surface area contributed by atoms with E-state index in [4.69, 9.17) is 0 Å². The maximum absolute atomic E-state index is 2.47. The van der Waals surface area contributed by atoms with Gasteiger partial charge >= 0.3 is 0 Å². The molecular formula is C24H50. The van der Waals surface area contributed by atoms with E-state index in [1.807, 2.05) is 0 Å². The summed E-state index contributed by atoms with van der Waals surface area (Å²) in [5.74, 6) is 1.98. The van der Waals surface area contributed by atoms with Gasteiger partial charge in [-0.2, -0.15) is 0 Å². The molecule has 0 heterocycles. The quantitative estimate of drug-likeness (QED) is 0.206. The highest BCUT2D eigenvalue weighted by Crippen LogP contribution is 2.25. The summed E-state index contributed by atoms with van der Waals surface area (Å²) in [6.45, 7) is 9.46. The number of hydrogen-bond acceptors (Lipinski definition) is 0. The van der Waals surface area contributed by atoms with Gasteiger partial charge in [0.25, 0.3) is 0 Å². The largest absolute Gasteiger partial charge is 0.0654 e. The van der Waals surface area contributed by atoms with Crippen LogP contribution in [0.1, 0.15) is 143 Å². The minimum Gasteiger partial charge on any atom is -0.0654 e. The van der Waals surface area contributed by atoms with Crippen LogP contribution in [-0.2, 0) is 0 Å². The second kappa shape index (κ2) is 19.3. The molecule has 0 aromatic carbocycles. The van der Waals surface area contributed by atoms with Gasteiger partial charge in [-0.05, 0) is 11.8 Å². The lowest BCUT2D eigenvalue weighted by atomic mass is 9.87. The van der Waals surface area contributed by atoms with Crippen molar-refractivity contribution in [2.24, 2.45) is 11.8 Å². The van der Waals surface area contributed by atoms with E-state index < -0.39 is 0 Å². The van der Waals surface area contributed by atoms with Crippen LogP contribution in [0, 0.1) is 11.8 Å². The fourth-order valence-corrected chi connectivity index (χ4v) is 3.98. The van der Waals surface area contributed by atoms with Crippen LogP contribution in [0.3, 0.4) is 0 Å². The van der Waals surface area contributed by atoms with Crippen LogP contribution < -0.4 is 0 Å². The zero-order chi connectivity index (χ0) is 17.9. The van der Waals surface area contributed by atoms with Gasteiger partial charge < -0.3 is 0 Å². The van der Waals surface area contributed by atoms with Crippen molar-refractivity contribution in [1.82, 2.24) is 0 Å². The van der Waals surface area contributed by atoms with E-state index in [0.29, 0.717) is 0 Å². The maximum atomic E-state index is 2.47. The van der Waals surface area contributed by atoms with Crippen molar-refractivity contribution in [2.75, 3.05) is 0 Å². The predicted octanol–water partition coefficient (Wildman–Crippen LogP) is 9.32. The van der Waals surface area contributed by atoms with Crippen LogP contribution in [0.25, 0.3) is 0 Å². The first kappa shape index (κ1) is 24.0. The van der Waals surface area contributed by atoms with Crippen LogP contribution in [0.4, 0.5) is 0 Å². The molecule has 0 amide bonds. The number of unbranched alkanes of at least 4 members (excludes halogenated alkanes) is 10. The zero-order valence-electron chi connectivity index (χ0n) is 17.9. The molecule has 2 atom stereocenters. The Kier molecular flexibility index (Phi) is 19.3. The fourth-order valence-electron chi connectivity index (χ4n) is 3.98. The average Bonchev–Trinajstić information content (AvgIpc) is 2.59. The molecule has 0 radical (unpaired) electrons. The lowest BCUT2D eigenvalue weighted by Gasteiger charge is -2.19. The lowest BCUT2D eigenvalue weighted by molar-refractivity contribution is 0.343. The van der Waals surface area contributed by atoms with Gasteiger partial charge in [0.2, 0.25) is 0 Å². The minimum absolute atomic E-state index is 0.956. The summed E-state index contributed by atoms with van der Waals surface area (Å²) in [7, 11) is 0. The van der Waals surface area contributed by atoms with E-state index in [9.17, 15) is 0 Å². The van der Waals surface area contributed by atoms with Crippen LogP contribution in [0.15, 0.2) is 0 Å². The Morgan fingerprint density at radius 3 is 1.50 bits per heavy atom. The molecule has 0 rings (SSSR count). The van der Waals surface area contributed by atoms with E-state index in [1.165, 1.54) is 116 Å². The first-order valence-corrected chi connectivity index (χ1v) is 11.7. The molecule has 0 N–H and O–H groups in total. The zero-order valence-corrected chi connectivity index (χ0v) is 17.9. The topological polar surface area (TPSA) is 0 Å². The summed E-state index contributed by atoms with van der Waals surface area (Å²) in [6.07, 6.45) is 26.2. The van der Waals surface area contributed by atoms with Crippen molar-refractivity contribution >= 4 is 0 Å². The second-order valence-electron chi connectivity index (χ2n) is 8.45. The molecule has 0 heteroatoms. The van der Waals surface area contributed by atoms with Crippen molar-refractivity contribution in [1.29, 1.82) is 0 Å². The van der Waals surface area contributed by atoms with E-state index in [-0.39, 0.29) is 0 Å². The van der Waals surface area contributed by atoms with Crippen molar-refractivity contribution in [3.8, 4) is 0 Å². The molecule has 0 nitrogen and oxygen atoms in total. The molecule has 0 spiro atoms. The Bertz CT molecular complexity index is 220. The van der Waals surface area contributed by atoms with Crippen molar-refractivity contribution < 1.29 is 0 Å². The van der Waals surface area contributed by atoms with Crippen molar-refractivity contribution in [3.63, 3.8) is 0 Å². The van der Waals surface area contributed by atoms with Crippen LogP contribution >= 0.6 is 0 Å². The van der Waals surface area contributed by atoms with E-state index in [2.05, 4.69) is 27.7 Å². The normalized spacial score (nSPS) is 14.0. The molecule has 0 aromatic heterocycles. The molecule has 0 aliphatic rings. The van der Waals surface area contributed by atoms with Gasteiger partial charge in [-0.1, -0.05) is 143 Å². The predicted molar refractivity (Wildman–Crippen MR) is 113 cm³/mol. The lowest BCUT2D eigenvalue weighted by Crippen LogP contribution is -2.04. The smallest absolute Gasteiger partial charge is 0.0414 e. The average molecular weight is 339 g/mol. The van der Waals surface area contributed by atoms with Gasteiger partial charge in [0.15, 0.2) is 0 Å². The number of rotatable bonds is 19. The standard InChI is InChI=1S/C24H50/c1-5-8-10-11-12-13-14-15-16-17-20-24(18-7-3)22-21-23(4)19-9-6-2/h23-24H,5-22H2,1-4H3. The van der Waals surface area contributed by atoms with Crippen molar-refractivity contribution in [3.05, 3.63) is 0 Å². The van der Waals surface area contributed by atoms with Gasteiger partial charge in [0.1, 0.15) is 0 Å². The summed E-state index contributed by atoms with van der Waals surface area (Å²) in [4.78, 5) is 0. The monoisotopic (exact) mass is 338 g/mol. The van der Waals surface area contributed by atoms with Gasteiger partial charge in [0, 0.05) is 0 Å². The Labute approximate surface area is 155 Å². The number of hydrogen-bond donors (Lipinski definition) is 0. The SMILES string of the molecule is CCCCCCCCCCCCC(CCC)CCC(C)CCCC. The molecule has 2 unspecified atom stereocenters. The van der Waals surface area contributed by atoms with Crippen molar-refractivity contribution in [2.45, 2.75) is 143 Å². The highest BCUT2D eigenvalue weighted by molar-refractivity contribution is 4.63. The Hall–Kier alpha value is 0. The van der Waals surface area contributed by atoms with Gasteiger partial charge in [-0.3, -0.25) is 0 Å². The molecule has 146 valence electrons. The molecule has 0 aliphatic heterocycles. The Morgan fingerprint density at radius 2 is 0.958 bits per heavy atom. The first-order valence-electron chi connectivity index (χ1n) is 11.7. The van der Waals surface area contributed by atoms with Crippen LogP contribution in [-0.4, -0.2) is 0 Å². The third-order valence-corrected chi connectivity index (χ3v) is 5.78. The molecule has 0 fully saturated rings. The highest BCUT2D eigenvalue weighted by Gasteiger charge is 2.10. The van der Waals surface area contributed by atoms with E-state index in [0.717, 1.165) is 11.8 Å². The van der Waals surface area contributed by atoms with Crippen LogP contribution in [0.2, 0.25) is 0 Å². The fraction of sp³-hybridized carbons (Fsp3) is 1.00. The highest BCUT2D eigenvalue weighted by atomic mass is 14.2. The molecule has 0 aliphatic carbocycles. The summed E-state index contributed by atoms with van der Waals surface area (Å²) in [5.41, 5.74) is 0. The summed E-state index contributed by atoms with van der Waals surface area (Å²) >= 11 is 0. The minimum atomic E-state index is 0.956. The maximum Gasteiger partial charge on any atom is -0.0414 e. The second-order valence-corrected chi connectivity index (χ2v) is 8.45. The van der Waals surface area contributed by atoms with Crippen LogP contribution in [0.5, 0.6) is 0 Å². The molecule has 0 aromatic rings. The molecule has 0 saturated heterocycles. The molecule has 0 saturated carbocycles. The van der Waals surface area contributed by atoms with E-state index in [1.54, 1.807) is 0 Å². The Morgan fingerprint density at radius 1 is 0.417 bits per heavy atom. The van der Waals surface area contributed by atoms with Gasteiger partial charge in [0.05, 0.1) is 0 Å². The molecular weight excluding hydrogens is 288 g/mol. The summed E-state index contributed by atoms with van der Waals surface area (Å²) in [5, 5.41) is 0. The third kappa shape index (κ3) is 16.8. The van der Waals surface area contributed by atoms with E-state index >= 15 is 0 Å². The molecule has 0 bridgehead atoms. The van der Waals surface area contributed by atoms with Gasteiger partial charge in [-0.15, -0.1) is 0 Å². The summed E-state index contributed by atoms with van der Waals surface area (Å²) in [6, 6.07) is 0. The Balaban J connectivity index is 3.53. The third-order valence-electron chi connectivity index (χ3n) is 5.78. The first-order chi connectivity index (χ1) is 11.7. The molecule has 24 heavy (non-hydrogen) atoms. The summed E-state index contributed by atoms with van der Waals surface area (Å²) < 4.78 is 0. The van der Waals surface area contributed by atoms with Gasteiger partial charge in [-0.25, -0.2) is 0 Å².